The van der Waals surface area contributed by atoms with Gasteiger partial charge in [0.25, 0.3) is 0 Å². The summed E-state index contributed by atoms with van der Waals surface area (Å²) in [5.41, 5.74) is 1.14. The van der Waals surface area contributed by atoms with E-state index in [0.29, 0.717) is 11.7 Å². The van der Waals surface area contributed by atoms with Crippen molar-refractivity contribution >= 4 is 0 Å². The van der Waals surface area contributed by atoms with Crippen LogP contribution < -0.4 is 0 Å². The molecule has 2 aliphatic rings. The Labute approximate surface area is 164 Å². The van der Waals surface area contributed by atoms with Crippen molar-refractivity contribution in [1.29, 1.82) is 0 Å². The van der Waals surface area contributed by atoms with E-state index < -0.39 is 5.79 Å². The number of rotatable bonds is 7. The van der Waals surface area contributed by atoms with Crippen molar-refractivity contribution in [2.24, 2.45) is 5.92 Å². The average molecular weight is 374 g/mol. The van der Waals surface area contributed by atoms with Crippen LogP contribution in [0, 0.1) is 5.92 Å². The predicted molar refractivity (Wildman–Crippen MR) is 109 cm³/mol. The van der Waals surface area contributed by atoms with Gasteiger partial charge in [-0.15, -0.1) is 6.58 Å². The molecule has 0 radical (unpaired) electrons. The number of phenolic OH excluding ortho intramolecular Hbond substituents is 1. The van der Waals surface area contributed by atoms with E-state index in [2.05, 4.69) is 31.5 Å². The third kappa shape index (κ3) is 4.39. The molecule has 1 aliphatic heterocycles. The van der Waals surface area contributed by atoms with Crippen LogP contribution in [0.5, 0.6) is 5.75 Å². The van der Waals surface area contributed by atoms with E-state index in [1.807, 2.05) is 18.2 Å². The Morgan fingerprint density at radius 1 is 1.22 bits per heavy atom. The van der Waals surface area contributed by atoms with Gasteiger partial charge in [-0.05, 0) is 57.0 Å². The number of hydrogen-bond acceptors (Lipinski definition) is 4. The number of unbranched alkanes of at least 4 members (excludes halogenated alkanes) is 1. The lowest BCUT2D eigenvalue weighted by molar-refractivity contribution is -0.302. The minimum Gasteiger partial charge on any atom is -0.508 e. The van der Waals surface area contributed by atoms with Crippen LogP contribution in [-0.4, -0.2) is 42.6 Å². The lowest BCUT2D eigenvalue weighted by Gasteiger charge is -2.52. The number of phenols is 1. The maximum absolute atomic E-state index is 10.1. The quantitative estimate of drug-likeness (QED) is 0.695. The van der Waals surface area contributed by atoms with E-state index in [-0.39, 0.29) is 5.54 Å². The van der Waals surface area contributed by atoms with Crippen LogP contribution in [0.25, 0.3) is 0 Å². The normalized spacial score (nSPS) is 31.3. The fourth-order valence-electron chi connectivity index (χ4n) is 4.63. The highest BCUT2D eigenvalue weighted by Gasteiger charge is 2.48. The summed E-state index contributed by atoms with van der Waals surface area (Å²) >= 11 is 0. The van der Waals surface area contributed by atoms with E-state index in [0.717, 1.165) is 51.9 Å². The maximum atomic E-state index is 10.1. The molecular formula is C23H35NO3. The first-order valence-electron chi connectivity index (χ1n) is 10.4. The van der Waals surface area contributed by atoms with Gasteiger partial charge in [0, 0.05) is 24.3 Å². The van der Waals surface area contributed by atoms with Gasteiger partial charge < -0.3 is 14.6 Å². The van der Waals surface area contributed by atoms with E-state index >= 15 is 0 Å². The third-order valence-electron chi connectivity index (χ3n) is 6.46. The Balaban J connectivity index is 1.76. The van der Waals surface area contributed by atoms with Gasteiger partial charge >= 0.3 is 0 Å². The molecule has 1 aromatic carbocycles. The van der Waals surface area contributed by atoms with Gasteiger partial charge in [0.05, 0.1) is 13.2 Å². The Morgan fingerprint density at radius 3 is 2.52 bits per heavy atom. The molecule has 3 rings (SSSR count). The molecule has 1 aromatic rings. The largest absolute Gasteiger partial charge is 0.508 e. The second-order valence-electron chi connectivity index (χ2n) is 8.28. The van der Waals surface area contributed by atoms with E-state index in [4.69, 9.17) is 9.47 Å². The molecule has 1 saturated heterocycles. The van der Waals surface area contributed by atoms with Gasteiger partial charge in [0.15, 0.2) is 5.79 Å². The van der Waals surface area contributed by atoms with Crippen LogP contribution in [0.4, 0.5) is 0 Å². The van der Waals surface area contributed by atoms with Crippen LogP contribution in [0.3, 0.4) is 0 Å². The average Bonchev–Trinajstić information content (AvgIpc) is 2.69. The molecule has 1 heterocycles. The van der Waals surface area contributed by atoms with Crippen LogP contribution in [0.15, 0.2) is 36.9 Å². The fraction of sp³-hybridized carbons (Fsp3) is 0.652. The molecule has 0 amide bonds. The van der Waals surface area contributed by atoms with Gasteiger partial charge in [-0.2, -0.15) is 0 Å². The first-order valence-corrected chi connectivity index (χ1v) is 10.4. The van der Waals surface area contributed by atoms with Gasteiger partial charge in [0.2, 0.25) is 0 Å². The number of aromatic hydroxyl groups is 1. The molecule has 150 valence electrons. The highest BCUT2D eigenvalue weighted by atomic mass is 16.7. The summed E-state index contributed by atoms with van der Waals surface area (Å²) in [4.78, 5) is 2.49. The van der Waals surface area contributed by atoms with Crippen LogP contribution in [-0.2, 0) is 15.0 Å². The van der Waals surface area contributed by atoms with Crippen molar-refractivity contribution in [2.45, 2.75) is 63.2 Å². The summed E-state index contributed by atoms with van der Waals surface area (Å²) in [6.45, 7) is 8.63. The van der Waals surface area contributed by atoms with Crippen LogP contribution in [0.2, 0.25) is 0 Å². The number of ether oxygens (including phenoxy) is 2. The van der Waals surface area contributed by atoms with Gasteiger partial charge in [-0.3, -0.25) is 4.90 Å². The summed E-state index contributed by atoms with van der Waals surface area (Å²) in [7, 11) is 2.22. The van der Waals surface area contributed by atoms with E-state index in [1.165, 1.54) is 18.4 Å². The highest BCUT2D eigenvalue weighted by molar-refractivity contribution is 5.33. The molecule has 1 N–H and O–H groups in total. The lowest BCUT2D eigenvalue weighted by Crippen LogP contribution is -2.54. The van der Waals surface area contributed by atoms with E-state index in [9.17, 15) is 5.11 Å². The molecule has 0 unspecified atom stereocenters. The second kappa shape index (κ2) is 8.76. The van der Waals surface area contributed by atoms with Gasteiger partial charge in [0.1, 0.15) is 5.75 Å². The molecule has 4 nitrogen and oxygen atoms in total. The Hall–Kier alpha value is -1.36. The number of allylic oxidation sites excluding steroid dienone is 1. The smallest absolute Gasteiger partial charge is 0.168 e. The van der Waals surface area contributed by atoms with Crippen molar-refractivity contribution in [3.8, 4) is 5.75 Å². The van der Waals surface area contributed by atoms with Gasteiger partial charge in [-0.1, -0.05) is 31.6 Å². The SMILES string of the molecule is C=CCC1COC2(CCC(c3cccc(O)c3)(N(C)CCCC)CC2)OC1. The number of hydrogen-bond donors (Lipinski definition) is 1. The summed E-state index contributed by atoms with van der Waals surface area (Å²) < 4.78 is 12.5. The first kappa shape index (κ1) is 20.4. The minimum atomic E-state index is -0.427. The van der Waals surface area contributed by atoms with Crippen molar-refractivity contribution in [3.05, 3.63) is 42.5 Å². The summed E-state index contributed by atoms with van der Waals surface area (Å²) in [5.74, 6) is 0.343. The highest BCUT2D eigenvalue weighted by Crippen LogP contribution is 2.48. The standard InChI is InChI=1S/C23H35NO3/c1-4-6-15-24(3)22(20-9-7-10-21(25)16-20)11-13-23(14-12-22)26-17-19(8-5-2)18-27-23/h5,7,9-10,16,19,25H,2,4,6,8,11-15,17-18H2,1,3H3. The molecule has 1 spiro atoms. The molecule has 2 fully saturated rings. The molecule has 0 atom stereocenters. The van der Waals surface area contributed by atoms with Crippen LogP contribution in [0.1, 0.15) is 57.4 Å². The molecule has 0 bridgehead atoms. The first-order chi connectivity index (χ1) is 13.0. The zero-order chi connectivity index (χ0) is 19.3. The molecule has 1 aliphatic carbocycles. The van der Waals surface area contributed by atoms with Gasteiger partial charge in [-0.25, -0.2) is 0 Å². The zero-order valence-corrected chi connectivity index (χ0v) is 17.0. The fourth-order valence-corrected chi connectivity index (χ4v) is 4.63. The van der Waals surface area contributed by atoms with Crippen molar-refractivity contribution < 1.29 is 14.6 Å². The summed E-state index contributed by atoms with van der Waals surface area (Å²) in [5, 5.41) is 10.1. The molecule has 0 aromatic heterocycles. The topological polar surface area (TPSA) is 41.9 Å². The van der Waals surface area contributed by atoms with Crippen molar-refractivity contribution in [3.63, 3.8) is 0 Å². The van der Waals surface area contributed by atoms with Crippen molar-refractivity contribution in [2.75, 3.05) is 26.8 Å². The maximum Gasteiger partial charge on any atom is 0.168 e. The lowest BCUT2D eigenvalue weighted by atomic mass is 9.72. The van der Waals surface area contributed by atoms with Crippen molar-refractivity contribution in [1.82, 2.24) is 4.90 Å². The number of nitrogens with zero attached hydrogens (tertiary/aromatic N) is 1. The zero-order valence-electron chi connectivity index (χ0n) is 17.0. The Kier molecular flexibility index (Phi) is 6.61. The van der Waals surface area contributed by atoms with E-state index in [1.54, 1.807) is 6.07 Å². The van der Waals surface area contributed by atoms with Crippen LogP contribution >= 0.6 is 0 Å². The predicted octanol–water partition coefficient (Wildman–Crippen LogP) is 4.83. The summed E-state index contributed by atoms with van der Waals surface area (Å²) in [6.07, 6.45) is 8.99. The monoisotopic (exact) mass is 373 g/mol. The Morgan fingerprint density at radius 2 is 1.93 bits per heavy atom. The third-order valence-corrected chi connectivity index (χ3v) is 6.46. The second-order valence-corrected chi connectivity index (χ2v) is 8.28. The molecule has 1 saturated carbocycles. The molecular weight excluding hydrogens is 338 g/mol. The molecule has 27 heavy (non-hydrogen) atoms. The number of benzene rings is 1. The Bertz CT molecular complexity index is 612. The molecule has 4 heteroatoms. The minimum absolute atomic E-state index is 0.0656. The summed E-state index contributed by atoms with van der Waals surface area (Å²) in [6, 6.07) is 7.80.